The lowest BCUT2D eigenvalue weighted by Crippen LogP contribution is -2.36. The summed E-state index contributed by atoms with van der Waals surface area (Å²) in [5, 5.41) is 0.555. The highest BCUT2D eigenvalue weighted by Gasteiger charge is 2.26. The van der Waals surface area contributed by atoms with E-state index in [0.717, 1.165) is 34.6 Å². The van der Waals surface area contributed by atoms with Crippen LogP contribution in [0.1, 0.15) is 50.4 Å². The standard InChI is InChI=1S/C22H27N3O3S/c1-5-9-17-24-21-19(22(27)25(17)15(6-2)20(23)26)18(16(7-3)29-21)13-10-8-11-14(12-13)28-4/h8,10-12,15H,5-7,9H2,1-4H3,(H2,23,26). The van der Waals surface area contributed by atoms with E-state index in [2.05, 4.69) is 6.92 Å². The molecule has 1 unspecified atom stereocenters. The van der Waals surface area contributed by atoms with Crippen LogP contribution < -0.4 is 16.0 Å². The molecule has 0 aliphatic rings. The van der Waals surface area contributed by atoms with Crippen LogP contribution >= 0.6 is 11.3 Å². The molecule has 3 aromatic rings. The molecule has 2 aromatic heterocycles. The van der Waals surface area contributed by atoms with Crippen LogP contribution in [0.15, 0.2) is 29.1 Å². The normalized spacial score (nSPS) is 12.3. The summed E-state index contributed by atoms with van der Waals surface area (Å²) in [6, 6.07) is 6.98. The molecule has 0 aliphatic carbocycles. The number of benzene rings is 1. The Balaban J connectivity index is 2.41. The third kappa shape index (κ3) is 3.79. The summed E-state index contributed by atoms with van der Waals surface area (Å²) in [5.41, 5.74) is 7.22. The van der Waals surface area contributed by atoms with E-state index in [-0.39, 0.29) is 5.56 Å². The molecule has 29 heavy (non-hydrogen) atoms. The number of methoxy groups -OCH3 is 1. The fraction of sp³-hybridized carbons (Fsp3) is 0.409. The minimum absolute atomic E-state index is 0.196. The molecular formula is C22H27N3O3S. The summed E-state index contributed by atoms with van der Waals surface area (Å²) >= 11 is 1.54. The van der Waals surface area contributed by atoms with Crippen molar-refractivity contribution in [3.63, 3.8) is 0 Å². The number of ether oxygens (including phenoxy) is 1. The number of aromatic nitrogens is 2. The largest absolute Gasteiger partial charge is 0.497 e. The zero-order chi connectivity index (χ0) is 21.1. The number of carbonyl (C=O) groups is 1. The van der Waals surface area contributed by atoms with Crippen molar-refractivity contribution < 1.29 is 9.53 Å². The summed E-state index contributed by atoms with van der Waals surface area (Å²) in [4.78, 5) is 32.4. The van der Waals surface area contributed by atoms with Crippen molar-refractivity contribution in [2.24, 2.45) is 5.73 Å². The van der Waals surface area contributed by atoms with Crippen LogP contribution in [0.5, 0.6) is 5.75 Å². The molecule has 0 spiro atoms. The molecule has 3 rings (SSSR count). The highest BCUT2D eigenvalue weighted by atomic mass is 32.1. The summed E-state index contributed by atoms with van der Waals surface area (Å²) in [7, 11) is 1.62. The number of primary amides is 1. The van der Waals surface area contributed by atoms with Gasteiger partial charge in [0.25, 0.3) is 5.56 Å². The Morgan fingerprint density at radius 3 is 2.66 bits per heavy atom. The summed E-state index contributed by atoms with van der Waals surface area (Å²) in [6.07, 6.45) is 2.66. The number of aryl methyl sites for hydroxylation is 2. The second-order valence-corrected chi connectivity index (χ2v) is 8.03. The van der Waals surface area contributed by atoms with Gasteiger partial charge in [0, 0.05) is 16.9 Å². The molecule has 2 heterocycles. The SMILES string of the molecule is CCCc1nc2sc(CC)c(-c3cccc(OC)c3)c2c(=O)n1C(CC)C(N)=O. The van der Waals surface area contributed by atoms with Crippen molar-refractivity contribution in [1.29, 1.82) is 0 Å². The van der Waals surface area contributed by atoms with Crippen LogP contribution in [0, 0.1) is 0 Å². The monoisotopic (exact) mass is 413 g/mol. The number of amides is 1. The van der Waals surface area contributed by atoms with Crippen LogP contribution in [-0.2, 0) is 17.6 Å². The number of fused-ring (bicyclic) bond motifs is 1. The number of carbonyl (C=O) groups excluding carboxylic acids is 1. The lowest BCUT2D eigenvalue weighted by Gasteiger charge is -2.19. The van der Waals surface area contributed by atoms with Crippen LogP contribution in [0.4, 0.5) is 0 Å². The van der Waals surface area contributed by atoms with E-state index in [0.29, 0.717) is 28.9 Å². The lowest BCUT2D eigenvalue weighted by atomic mass is 10.0. The van der Waals surface area contributed by atoms with E-state index in [1.807, 2.05) is 38.1 Å². The van der Waals surface area contributed by atoms with Crippen molar-refractivity contribution in [1.82, 2.24) is 9.55 Å². The first kappa shape index (κ1) is 21.0. The summed E-state index contributed by atoms with van der Waals surface area (Å²) < 4.78 is 6.89. The molecule has 1 atom stereocenters. The van der Waals surface area contributed by atoms with E-state index < -0.39 is 11.9 Å². The first-order valence-electron chi connectivity index (χ1n) is 9.97. The van der Waals surface area contributed by atoms with Crippen LogP contribution in [0.25, 0.3) is 21.3 Å². The predicted molar refractivity (Wildman–Crippen MR) is 118 cm³/mol. The van der Waals surface area contributed by atoms with Gasteiger partial charge in [-0.15, -0.1) is 11.3 Å². The van der Waals surface area contributed by atoms with E-state index >= 15 is 0 Å². The molecule has 0 bridgehead atoms. The van der Waals surface area contributed by atoms with Gasteiger partial charge >= 0.3 is 0 Å². The van der Waals surface area contributed by atoms with Crippen LogP contribution in [0.2, 0.25) is 0 Å². The highest BCUT2D eigenvalue weighted by molar-refractivity contribution is 7.19. The van der Waals surface area contributed by atoms with E-state index in [1.54, 1.807) is 18.4 Å². The minimum Gasteiger partial charge on any atom is -0.497 e. The van der Waals surface area contributed by atoms with Gasteiger partial charge in [-0.25, -0.2) is 4.98 Å². The first-order valence-corrected chi connectivity index (χ1v) is 10.8. The Kier molecular flexibility index (Phi) is 6.37. The zero-order valence-electron chi connectivity index (χ0n) is 17.3. The number of nitrogens with zero attached hydrogens (tertiary/aromatic N) is 2. The van der Waals surface area contributed by atoms with Crippen molar-refractivity contribution in [3.05, 3.63) is 45.3 Å². The maximum absolute atomic E-state index is 13.7. The Bertz CT molecular complexity index is 1100. The van der Waals surface area contributed by atoms with Gasteiger partial charge in [-0.05, 0) is 37.0 Å². The highest BCUT2D eigenvalue weighted by Crippen LogP contribution is 2.38. The molecular weight excluding hydrogens is 386 g/mol. The topological polar surface area (TPSA) is 87.2 Å². The van der Waals surface area contributed by atoms with Gasteiger partial charge in [-0.2, -0.15) is 0 Å². The number of nitrogens with two attached hydrogens (primary N) is 1. The van der Waals surface area contributed by atoms with Crippen molar-refractivity contribution in [2.75, 3.05) is 7.11 Å². The predicted octanol–water partition coefficient (Wildman–Crippen LogP) is 4.08. The molecule has 0 radical (unpaired) electrons. The molecule has 0 aliphatic heterocycles. The molecule has 0 saturated heterocycles. The number of rotatable bonds is 8. The van der Waals surface area contributed by atoms with E-state index in [1.165, 1.54) is 4.57 Å². The van der Waals surface area contributed by atoms with Gasteiger partial charge in [0.15, 0.2) is 0 Å². The molecule has 154 valence electrons. The van der Waals surface area contributed by atoms with E-state index in [4.69, 9.17) is 15.5 Å². The maximum Gasteiger partial charge on any atom is 0.263 e. The first-order chi connectivity index (χ1) is 14.0. The lowest BCUT2D eigenvalue weighted by molar-refractivity contribution is -0.121. The van der Waals surface area contributed by atoms with Gasteiger partial charge in [-0.3, -0.25) is 14.2 Å². The molecule has 1 amide bonds. The van der Waals surface area contributed by atoms with Gasteiger partial charge < -0.3 is 10.5 Å². The smallest absolute Gasteiger partial charge is 0.263 e. The number of thiophene rings is 1. The minimum atomic E-state index is -0.705. The van der Waals surface area contributed by atoms with Gasteiger partial charge in [-0.1, -0.05) is 32.9 Å². The van der Waals surface area contributed by atoms with Gasteiger partial charge in [0.1, 0.15) is 22.4 Å². The second-order valence-electron chi connectivity index (χ2n) is 6.95. The Hall–Kier alpha value is -2.67. The van der Waals surface area contributed by atoms with E-state index in [9.17, 15) is 9.59 Å². The average molecular weight is 414 g/mol. The van der Waals surface area contributed by atoms with Crippen molar-refractivity contribution in [3.8, 4) is 16.9 Å². The van der Waals surface area contributed by atoms with Crippen LogP contribution in [0.3, 0.4) is 0 Å². The Labute approximate surface area is 174 Å². The molecule has 1 aromatic carbocycles. The molecule has 7 heteroatoms. The van der Waals surface area contributed by atoms with Gasteiger partial charge in [0.2, 0.25) is 5.91 Å². The molecule has 6 nitrogen and oxygen atoms in total. The summed E-state index contributed by atoms with van der Waals surface area (Å²) in [6.45, 7) is 5.95. The summed E-state index contributed by atoms with van der Waals surface area (Å²) in [5.74, 6) is 0.835. The fourth-order valence-electron chi connectivity index (χ4n) is 3.72. The Morgan fingerprint density at radius 2 is 2.07 bits per heavy atom. The fourth-order valence-corrected chi connectivity index (χ4v) is 4.86. The average Bonchev–Trinajstić information content (AvgIpc) is 3.09. The van der Waals surface area contributed by atoms with Crippen molar-refractivity contribution in [2.45, 2.75) is 52.5 Å². The quantitative estimate of drug-likeness (QED) is 0.603. The second kappa shape index (κ2) is 8.78. The number of hydrogen-bond acceptors (Lipinski definition) is 5. The van der Waals surface area contributed by atoms with Crippen LogP contribution in [-0.4, -0.2) is 22.6 Å². The molecule has 2 N–H and O–H groups in total. The molecule has 0 fully saturated rings. The number of hydrogen-bond donors (Lipinski definition) is 1. The third-order valence-corrected chi connectivity index (χ3v) is 6.31. The third-order valence-electron chi connectivity index (χ3n) is 5.08. The molecule has 0 saturated carbocycles. The Morgan fingerprint density at radius 1 is 1.31 bits per heavy atom. The zero-order valence-corrected chi connectivity index (χ0v) is 18.1. The van der Waals surface area contributed by atoms with Gasteiger partial charge in [0.05, 0.1) is 12.5 Å². The maximum atomic E-state index is 13.7. The van der Waals surface area contributed by atoms with Crippen molar-refractivity contribution >= 4 is 27.5 Å².